The van der Waals surface area contributed by atoms with Crippen molar-refractivity contribution < 1.29 is 27.8 Å². The van der Waals surface area contributed by atoms with Gasteiger partial charge in [-0.25, -0.2) is 4.79 Å². The number of alkyl halides is 3. The Morgan fingerprint density at radius 3 is 2.39 bits per heavy atom. The molecule has 0 amide bonds. The first-order chi connectivity index (χ1) is 13.3. The molecule has 0 aliphatic carbocycles. The first kappa shape index (κ1) is 17.9. The van der Waals surface area contributed by atoms with Gasteiger partial charge in [-0.15, -0.1) is 0 Å². The third-order valence-corrected chi connectivity index (χ3v) is 4.43. The number of hydrogen-bond acceptors (Lipinski definition) is 3. The number of aliphatic hydroxyl groups excluding tert-OH is 1. The van der Waals surface area contributed by atoms with Gasteiger partial charge >= 0.3 is 12.1 Å². The van der Waals surface area contributed by atoms with Gasteiger partial charge in [0.05, 0.1) is 5.56 Å². The molecule has 0 spiro atoms. The zero-order chi connectivity index (χ0) is 19.9. The summed E-state index contributed by atoms with van der Waals surface area (Å²) in [6, 6.07) is 17.4. The van der Waals surface area contributed by atoms with E-state index < -0.39 is 23.5 Å². The summed E-state index contributed by atoms with van der Waals surface area (Å²) in [7, 11) is 0. The number of cyclic esters (lactones) is 1. The summed E-state index contributed by atoms with van der Waals surface area (Å²) in [5, 5.41) is 12.4. The molecule has 28 heavy (non-hydrogen) atoms. The second kappa shape index (κ2) is 6.56. The minimum atomic E-state index is -4.56. The molecule has 140 valence electrons. The molecular weight excluding hydrogens is 369 g/mol. The molecular formula is C22H13F3O3. The van der Waals surface area contributed by atoms with Crippen LogP contribution in [0.2, 0.25) is 0 Å². The van der Waals surface area contributed by atoms with Crippen molar-refractivity contribution in [1.29, 1.82) is 0 Å². The fourth-order valence-electron chi connectivity index (χ4n) is 3.07. The van der Waals surface area contributed by atoms with E-state index in [-0.39, 0.29) is 16.9 Å². The number of carbonyl (C=O) groups excluding carboxylic acids is 1. The van der Waals surface area contributed by atoms with Gasteiger partial charge in [0.2, 0.25) is 0 Å². The van der Waals surface area contributed by atoms with Gasteiger partial charge in [0.15, 0.2) is 11.5 Å². The van der Waals surface area contributed by atoms with Crippen LogP contribution in [0.15, 0.2) is 78.2 Å². The summed E-state index contributed by atoms with van der Waals surface area (Å²) in [5.41, 5.74) is -0.583. The summed E-state index contributed by atoms with van der Waals surface area (Å²) in [4.78, 5) is 12.2. The standard InChI is InChI=1S/C22H13F3O3/c23-22(24,25)17-7-3-6-16(12-17)19-20(26)18(28-21(19)27)11-13-8-9-14-4-1-2-5-15(14)10-13/h1-12,26H/b18-11-. The third kappa shape index (κ3) is 3.24. The summed E-state index contributed by atoms with van der Waals surface area (Å²) < 4.78 is 43.9. The fraction of sp³-hybridized carbons (Fsp3) is 0.0455. The number of halogens is 3. The van der Waals surface area contributed by atoms with Crippen molar-refractivity contribution in [3.05, 3.63) is 94.9 Å². The Hall–Kier alpha value is -3.54. The number of hydrogen-bond donors (Lipinski definition) is 1. The second-order valence-corrected chi connectivity index (χ2v) is 6.31. The Bertz CT molecular complexity index is 1160. The van der Waals surface area contributed by atoms with E-state index in [0.717, 1.165) is 22.9 Å². The molecule has 0 saturated heterocycles. The maximum Gasteiger partial charge on any atom is 0.416 e. The van der Waals surface area contributed by atoms with E-state index in [1.165, 1.54) is 18.2 Å². The molecule has 0 fully saturated rings. The van der Waals surface area contributed by atoms with E-state index in [4.69, 9.17) is 4.74 Å². The van der Waals surface area contributed by atoms with Crippen molar-refractivity contribution >= 4 is 28.4 Å². The zero-order valence-electron chi connectivity index (χ0n) is 14.3. The SMILES string of the molecule is O=C1O/C(=C\c2ccc3ccccc3c2)C(O)=C1c1cccc(C(F)(F)F)c1. The van der Waals surface area contributed by atoms with Gasteiger partial charge < -0.3 is 9.84 Å². The normalized spacial score (nSPS) is 16.1. The molecule has 4 rings (SSSR count). The number of carbonyl (C=O) groups is 1. The van der Waals surface area contributed by atoms with Crippen LogP contribution in [0.5, 0.6) is 0 Å². The molecule has 1 aliphatic rings. The minimum absolute atomic E-state index is 0.0563. The van der Waals surface area contributed by atoms with Crippen LogP contribution in [0, 0.1) is 0 Å². The fourth-order valence-corrected chi connectivity index (χ4v) is 3.07. The molecule has 6 heteroatoms. The zero-order valence-corrected chi connectivity index (χ0v) is 14.3. The number of aliphatic hydroxyl groups is 1. The Morgan fingerprint density at radius 1 is 0.893 bits per heavy atom. The maximum atomic E-state index is 12.9. The minimum Gasteiger partial charge on any atom is -0.504 e. The van der Waals surface area contributed by atoms with Gasteiger partial charge in [0, 0.05) is 0 Å². The van der Waals surface area contributed by atoms with E-state index in [1.807, 2.05) is 36.4 Å². The predicted octanol–water partition coefficient (Wildman–Crippen LogP) is 5.73. The van der Waals surface area contributed by atoms with E-state index in [1.54, 1.807) is 6.07 Å². The van der Waals surface area contributed by atoms with E-state index in [0.29, 0.717) is 5.56 Å². The van der Waals surface area contributed by atoms with Crippen LogP contribution >= 0.6 is 0 Å². The molecule has 3 aromatic carbocycles. The van der Waals surface area contributed by atoms with E-state index >= 15 is 0 Å². The lowest BCUT2D eigenvalue weighted by molar-refractivity contribution is -0.137. The first-order valence-corrected chi connectivity index (χ1v) is 8.37. The highest BCUT2D eigenvalue weighted by Gasteiger charge is 2.34. The number of esters is 1. The van der Waals surface area contributed by atoms with Crippen LogP contribution in [-0.2, 0) is 15.7 Å². The van der Waals surface area contributed by atoms with Crippen LogP contribution in [-0.4, -0.2) is 11.1 Å². The summed E-state index contributed by atoms with van der Waals surface area (Å²) in [6.45, 7) is 0. The molecule has 0 aromatic heterocycles. The van der Waals surface area contributed by atoms with Crippen molar-refractivity contribution in [1.82, 2.24) is 0 Å². The van der Waals surface area contributed by atoms with Gasteiger partial charge in [-0.3, -0.25) is 0 Å². The number of fused-ring (bicyclic) bond motifs is 1. The highest BCUT2D eigenvalue weighted by atomic mass is 19.4. The summed E-state index contributed by atoms with van der Waals surface area (Å²) >= 11 is 0. The van der Waals surface area contributed by atoms with Crippen LogP contribution in [0.1, 0.15) is 16.7 Å². The van der Waals surface area contributed by atoms with E-state index in [9.17, 15) is 23.1 Å². The van der Waals surface area contributed by atoms with Crippen LogP contribution in [0.4, 0.5) is 13.2 Å². The Labute approximate surface area is 158 Å². The van der Waals surface area contributed by atoms with Gasteiger partial charge in [0.25, 0.3) is 0 Å². The molecule has 0 bridgehead atoms. The number of benzene rings is 3. The van der Waals surface area contributed by atoms with Crippen LogP contribution < -0.4 is 0 Å². The molecule has 3 nitrogen and oxygen atoms in total. The molecule has 0 atom stereocenters. The maximum absolute atomic E-state index is 12.9. The average molecular weight is 382 g/mol. The highest BCUT2D eigenvalue weighted by Crippen LogP contribution is 2.36. The average Bonchev–Trinajstić information content (AvgIpc) is 2.94. The Morgan fingerprint density at radius 2 is 1.64 bits per heavy atom. The van der Waals surface area contributed by atoms with Crippen molar-refractivity contribution in [2.45, 2.75) is 6.18 Å². The quantitative estimate of drug-likeness (QED) is 0.576. The summed E-state index contributed by atoms with van der Waals surface area (Å²) in [5.74, 6) is -1.49. The van der Waals surface area contributed by atoms with E-state index in [2.05, 4.69) is 0 Å². The predicted molar refractivity (Wildman–Crippen MR) is 99.0 cm³/mol. The third-order valence-electron chi connectivity index (χ3n) is 4.43. The van der Waals surface area contributed by atoms with Crippen LogP contribution in [0.25, 0.3) is 22.4 Å². The van der Waals surface area contributed by atoms with Crippen molar-refractivity contribution in [3.63, 3.8) is 0 Å². The van der Waals surface area contributed by atoms with Crippen LogP contribution in [0.3, 0.4) is 0 Å². The largest absolute Gasteiger partial charge is 0.504 e. The monoisotopic (exact) mass is 382 g/mol. The molecule has 0 unspecified atom stereocenters. The van der Waals surface area contributed by atoms with Crippen molar-refractivity contribution in [3.8, 4) is 0 Å². The molecule has 1 N–H and O–H groups in total. The lowest BCUT2D eigenvalue weighted by Gasteiger charge is -2.08. The Balaban J connectivity index is 1.75. The molecule has 1 aliphatic heterocycles. The highest BCUT2D eigenvalue weighted by molar-refractivity contribution is 6.21. The molecule has 1 heterocycles. The molecule has 3 aromatic rings. The van der Waals surface area contributed by atoms with Gasteiger partial charge in [-0.1, -0.05) is 48.5 Å². The number of ether oxygens (including phenoxy) is 1. The lowest BCUT2D eigenvalue weighted by atomic mass is 10.0. The lowest BCUT2D eigenvalue weighted by Crippen LogP contribution is -2.06. The first-order valence-electron chi connectivity index (χ1n) is 8.37. The summed E-state index contributed by atoms with van der Waals surface area (Å²) in [6.07, 6.45) is -3.08. The molecule has 0 radical (unpaired) electrons. The van der Waals surface area contributed by atoms with Gasteiger partial charge in [0.1, 0.15) is 5.57 Å². The van der Waals surface area contributed by atoms with Gasteiger partial charge in [-0.2, -0.15) is 13.2 Å². The molecule has 0 saturated carbocycles. The van der Waals surface area contributed by atoms with Crippen molar-refractivity contribution in [2.24, 2.45) is 0 Å². The second-order valence-electron chi connectivity index (χ2n) is 6.31. The number of rotatable bonds is 2. The topological polar surface area (TPSA) is 46.5 Å². The van der Waals surface area contributed by atoms with Crippen molar-refractivity contribution in [2.75, 3.05) is 0 Å². The Kier molecular flexibility index (Phi) is 4.19. The van der Waals surface area contributed by atoms with Gasteiger partial charge in [-0.05, 0) is 46.2 Å². The smallest absolute Gasteiger partial charge is 0.416 e.